The Morgan fingerprint density at radius 2 is 1.83 bits per heavy atom. The maximum Gasteiger partial charge on any atom is 0.231 e. The monoisotopic (exact) mass is 337 g/mol. The number of carbonyl (C=O) groups is 2. The van der Waals surface area contributed by atoms with Gasteiger partial charge in [0.25, 0.3) is 0 Å². The van der Waals surface area contributed by atoms with Gasteiger partial charge in [0.1, 0.15) is 0 Å². The van der Waals surface area contributed by atoms with Crippen LogP contribution < -0.4 is 16.0 Å². The second kappa shape index (κ2) is 7.32. The third-order valence-corrected chi connectivity index (χ3v) is 4.94. The van der Waals surface area contributed by atoms with Gasteiger partial charge in [-0.3, -0.25) is 9.59 Å². The first kappa shape index (κ1) is 17.8. The van der Waals surface area contributed by atoms with E-state index in [9.17, 15) is 9.59 Å². The average Bonchev–Trinajstić information content (AvgIpc) is 3.17. The molecule has 3 rings (SSSR count). The van der Waals surface area contributed by atoms with E-state index in [1.54, 1.807) is 4.90 Å². The molecule has 2 amide bonds. The minimum atomic E-state index is -0.399. The molecule has 1 aromatic carbocycles. The van der Waals surface area contributed by atoms with E-state index >= 15 is 0 Å². The number of anilines is 2. The van der Waals surface area contributed by atoms with Crippen LogP contribution in [-0.2, 0) is 9.59 Å². The summed E-state index contributed by atoms with van der Waals surface area (Å²) in [6.45, 7) is 1.18. The van der Waals surface area contributed by atoms with Gasteiger partial charge in [-0.2, -0.15) is 0 Å². The lowest BCUT2D eigenvalue weighted by molar-refractivity contribution is -0.124. The van der Waals surface area contributed by atoms with E-state index in [-0.39, 0.29) is 24.2 Å². The van der Waals surface area contributed by atoms with Crippen molar-refractivity contribution in [3.05, 3.63) is 24.3 Å². The molecular formula is C17H24ClN3O2. The predicted octanol–water partition coefficient (Wildman–Crippen LogP) is 2.69. The van der Waals surface area contributed by atoms with Crippen molar-refractivity contribution in [3.63, 3.8) is 0 Å². The van der Waals surface area contributed by atoms with Crippen molar-refractivity contribution >= 4 is 35.6 Å². The summed E-state index contributed by atoms with van der Waals surface area (Å²) < 4.78 is 0. The van der Waals surface area contributed by atoms with E-state index in [1.165, 1.54) is 0 Å². The number of rotatable bonds is 4. The van der Waals surface area contributed by atoms with E-state index in [0.29, 0.717) is 13.0 Å². The zero-order valence-corrected chi connectivity index (χ0v) is 14.0. The minimum Gasteiger partial charge on any atom is -0.329 e. The number of halogens is 1. The van der Waals surface area contributed by atoms with Crippen LogP contribution in [0.25, 0.3) is 0 Å². The molecule has 1 aliphatic heterocycles. The molecule has 0 radical (unpaired) electrons. The van der Waals surface area contributed by atoms with Crippen LogP contribution >= 0.6 is 12.4 Å². The quantitative estimate of drug-likeness (QED) is 0.887. The fourth-order valence-corrected chi connectivity index (χ4v) is 3.49. The third-order valence-electron chi connectivity index (χ3n) is 4.94. The topological polar surface area (TPSA) is 75.4 Å². The largest absolute Gasteiger partial charge is 0.329 e. The molecule has 2 aliphatic rings. The molecule has 0 aromatic heterocycles. The molecule has 3 N–H and O–H groups in total. The van der Waals surface area contributed by atoms with Crippen LogP contribution in [0.1, 0.15) is 38.5 Å². The number of nitrogens with zero attached hydrogens (tertiary/aromatic N) is 1. The number of benzene rings is 1. The minimum absolute atomic E-state index is 0. The fourth-order valence-electron chi connectivity index (χ4n) is 3.49. The molecule has 1 aliphatic carbocycles. The number of nitrogens with one attached hydrogen (secondary N) is 1. The summed E-state index contributed by atoms with van der Waals surface area (Å²) in [5.41, 5.74) is 7.10. The highest BCUT2D eigenvalue weighted by Crippen LogP contribution is 2.38. The van der Waals surface area contributed by atoms with Crippen LogP contribution in [0.4, 0.5) is 11.4 Å². The smallest absolute Gasteiger partial charge is 0.231 e. The number of hydrogen-bond acceptors (Lipinski definition) is 3. The maximum atomic E-state index is 12.5. The maximum absolute atomic E-state index is 12.5. The normalized spacial score (nSPS) is 19.5. The molecule has 1 heterocycles. The molecular weight excluding hydrogens is 314 g/mol. The van der Waals surface area contributed by atoms with Gasteiger partial charge in [0, 0.05) is 30.9 Å². The fraction of sp³-hybridized carbons (Fsp3) is 0.529. The lowest BCUT2D eigenvalue weighted by atomic mass is 9.85. The molecule has 5 nitrogen and oxygen atoms in total. The zero-order valence-electron chi connectivity index (χ0n) is 13.2. The van der Waals surface area contributed by atoms with Gasteiger partial charge >= 0.3 is 0 Å². The first-order chi connectivity index (χ1) is 10.6. The van der Waals surface area contributed by atoms with Crippen LogP contribution in [0, 0.1) is 5.41 Å². The summed E-state index contributed by atoms with van der Waals surface area (Å²) >= 11 is 0. The van der Waals surface area contributed by atoms with E-state index < -0.39 is 5.41 Å². The lowest BCUT2D eigenvalue weighted by Crippen LogP contribution is -2.40. The Hall–Kier alpha value is -1.59. The van der Waals surface area contributed by atoms with E-state index in [4.69, 9.17) is 5.73 Å². The SMILES string of the molecule is Cl.NCC1(C(=O)Nc2ccc(N3CCCC3=O)cc2)CCCC1. The summed E-state index contributed by atoms with van der Waals surface area (Å²) in [5.74, 6) is 0.197. The highest BCUT2D eigenvalue weighted by molar-refractivity contribution is 5.97. The molecule has 1 saturated heterocycles. The summed E-state index contributed by atoms with van der Waals surface area (Å²) in [6.07, 6.45) is 5.42. The first-order valence-electron chi connectivity index (χ1n) is 8.07. The van der Waals surface area contributed by atoms with Crippen molar-refractivity contribution in [1.29, 1.82) is 0 Å². The highest BCUT2D eigenvalue weighted by atomic mass is 35.5. The summed E-state index contributed by atoms with van der Waals surface area (Å²) in [4.78, 5) is 26.0. The molecule has 0 unspecified atom stereocenters. The average molecular weight is 338 g/mol. The molecule has 1 aromatic rings. The Bertz CT molecular complexity index is 568. The van der Waals surface area contributed by atoms with Crippen molar-refractivity contribution in [1.82, 2.24) is 0 Å². The molecule has 126 valence electrons. The van der Waals surface area contributed by atoms with Gasteiger partial charge in [-0.05, 0) is 43.5 Å². The number of hydrogen-bond donors (Lipinski definition) is 2. The van der Waals surface area contributed by atoms with Crippen molar-refractivity contribution in [2.24, 2.45) is 11.1 Å². The highest BCUT2D eigenvalue weighted by Gasteiger charge is 2.39. The van der Waals surface area contributed by atoms with Gasteiger partial charge in [-0.1, -0.05) is 12.8 Å². The van der Waals surface area contributed by atoms with Crippen LogP contribution in [0.15, 0.2) is 24.3 Å². The van der Waals surface area contributed by atoms with Gasteiger partial charge in [0.05, 0.1) is 5.41 Å². The molecule has 6 heteroatoms. The Kier molecular flexibility index (Phi) is 5.65. The lowest BCUT2D eigenvalue weighted by Gasteiger charge is -2.25. The van der Waals surface area contributed by atoms with Crippen LogP contribution in [0.5, 0.6) is 0 Å². The second-order valence-corrected chi connectivity index (χ2v) is 6.34. The van der Waals surface area contributed by atoms with Crippen LogP contribution in [0.2, 0.25) is 0 Å². The third kappa shape index (κ3) is 3.51. The van der Waals surface area contributed by atoms with Gasteiger partial charge in [0.2, 0.25) is 11.8 Å². The molecule has 1 saturated carbocycles. The molecule has 23 heavy (non-hydrogen) atoms. The zero-order chi connectivity index (χ0) is 15.6. The van der Waals surface area contributed by atoms with Gasteiger partial charge < -0.3 is 16.0 Å². The summed E-state index contributed by atoms with van der Waals surface area (Å²) in [6, 6.07) is 7.50. The number of amides is 2. The summed E-state index contributed by atoms with van der Waals surface area (Å²) in [5, 5.41) is 2.98. The number of nitrogens with two attached hydrogens (primary N) is 1. The standard InChI is InChI=1S/C17H23N3O2.ClH/c18-12-17(9-1-2-10-17)16(22)19-13-5-7-14(8-6-13)20-11-3-4-15(20)21;/h5-8H,1-4,9-12,18H2,(H,19,22);1H. The molecule has 0 spiro atoms. The van der Waals surface area contributed by atoms with E-state index in [1.807, 2.05) is 24.3 Å². The first-order valence-corrected chi connectivity index (χ1v) is 8.07. The Morgan fingerprint density at radius 3 is 2.35 bits per heavy atom. The Balaban J connectivity index is 0.00000192. The van der Waals surface area contributed by atoms with Crippen molar-refractivity contribution in [2.45, 2.75) is 38.5 Å². The summed E-state index contributed by atoms with van der Waals surface area (Å²) in [7, 11) is 0. The van der Waals surface area contributed by atoms with Crippen molar-refractivity contribution in [3.8, 4) is 0 Å². The Morgan fingerprint density at radius 1 is 1.17 bits per heavy atom. The predicted molar refractivity (Wildman–Crippen MR) is 93.9 cm³/mol. The van der Waals surface area contributed by atoms with Gasteiger partial charge in [0.15, 0.2) is 0 Å². The van der Waals surface area contributed by atoms with E-state index in [2.05, 4.69) is 5.32 Å². The van der Waals surface area contributed by atoms with Crippen molar-refractivity contribution in [2.75, 3.05) is 23.3 Å². The van der Waals surface area contributed by atoms with Crippen LogP contribution in [0.3, 0.4) is 0 Å². The van der Waals surface area contributed by atoms with Gasteiger partial charge in [-0.15, -0.1) is 12.4 Å². The van der Waals surface area contributed by atoms with Crippen molar-refractivity contribution < 1.29 is 9.59 Å². The Labute approximate surface area is 143 Å². The molecule has 2 fully saturated rings. The molecule has 0 atom stereocenters. The van der Waals surface area contributed by atoms with Gasteiger partial charge in [-0.25, -0.2) is 0 Å². The van der Waals surface area contributed by atoms with Crippen LogP contribution in [-0.4, -0.2) is 24.9 Å². The molecule has 0 bridgehead atoms. The van der Waals surface area contributed by atoms with E-state index in [0.717, 1.165) is 50.0 Å². The second-order valence-electron chi connectivity index (χ2n) is 6.34. The number of carbonyl (C=O) groups excluding carboxylic acids is 2.